The van der Waals surface area contributed by atoms with Crippen LogP contribution in [0.5, 0.6) is 0 Å². The SMILES string of the molecule is CCN(C(C)C)S(=O)(=O)C1CCNC1. The second-order valence-corrected chi connectivity index (χ2v) is 6.12. The smallest absolute Gasteiger partial charge is 0.218 e. The second-order valence-electron chi connectivity index (χ2n) is 3.96. The third-order valence-corrected chi connectivity index (χ3v) is 5.23. The molecule has 0 aromatic heterocycles. The van der Waals surface area contributed by atoms with Crippen LogP contribution in [-0.4, -0.2) is 43.6 Å². The maximum atomic E-state index is 12.1. The third-order valence-electron chi connectivity index (χ3n) is 2.65. The minimum Gasteiger partial charge on any atom is -0.315 e. The average Bonchev–Trinajstić information content (AvgIpc) is 2.55. The third kappa shape index (κ3) is 2.27. The zero-order valence-electron chi connectivity index (χ0n) is 9.16. The van der Waals surface area contributed by atoms with Gasteiger partial charge in [-0.1, -0.05) is 6.92 Å². The molecule has 1 rings (SSSR count). The molecule has 1 saturated heterocycles. The van der Waals surface area contributed by atoms with Gasteiger partial charge in [-0.3, -0.25) is 0 Å². The number of nitrogens with one attached hydrogen (secondary N) is 1. The Bertz CT molecular complexity index is 269. The Hall–Kier alpha value is -0.130. The molecule has 0 aromatic carbocycles. The van der Waals surface area contributed by atoms with Gasteiger partial charge in [-0.15, -0.1) is 0 Å². The maximum absolute atomic E-state index is 12.1. The molecule has 1 N–H and O–H groups in total. The molecule has 14 heavy (non-hydrogen) atoms. The molecule has 0 bridgehead atoms. The summed E-state index contributed by atoms with van der Waals surface area (Å²) in [4.78, 5) is 0. The van der Waals surface area contributed by atoms with E-state index >= 15 is 0 Å². The maximum Gasteiger partial charge on any atom is 0.218 e. The molecule has 4 nitrogen and oxygen atoms in total. The zero-order chi connectivity index (χ0) is 10.8. The molecule has 0 spiro atoms. The van der Waals surface area contributed by atoms with E-state index in [0.29, 0.717) is 13.1 Å². The molecular formula is C9H20N2O2S. The van der Waals surface area contributed by atoms with Crippen LogP contribution >= 0.6 is 0 Å². The topological polar surface area (TPSA) is 49.4 Å². The summed E-state index contributed by atoms with van der Waals surface area (Å²) in [5.74, 6) is 0. The highest BCUT2D eigenvalue weighted by Crippen LogP contribution is 2.17. The summed E-state index contributed by atoms with van der Waals surface area (Å²) in [7, 11) is -3.08. The molecular weight excluding hydrogens is 200 g/mol. The van der Waals surface area contributed by atoms with Gasteiger partial charge in [0.25, 0.3) is 0 Å². The molecule has 0 saturated carbocycles. The van der Waals surface area contributed by atoms with E-state index in [0.717, 1.165) is 13.0 Å². The lowest BCUT2D eigenvalue weighted by Crippen LogP contribution is -2.43. The van der Waals surface area contributed by atoms with Gasteiger partial charge in [0.2, 0.25) is 10.0 Å². The van der Waals surface area contributed by atoms with Crippen molar-refractivity contribution >= 4 is 10.0 Å². The van der Waals surface area contributed by atoms with Crippen molar-refractivity contribution in [2.75, 3.05) is 19.6 Å². The predicted molar refractivity (Wildman–Crippen MR) is 57.7 cm³/mol. The van der Waals surface area contributed by atoms with Crippen molar-refractivity contribution in [3.8, 4) is 0 Å². The molecule has 0 amide bonds. The summed E-state index contributed by atoms with van der Waals surface area (Å²) in [6, 6.07) is 0.0607. The van der Waals surface area contributed by atoms with Crippen LogP contribution in [0.3, 0.4) is 0 Å². The Labute approximate surface area is 86.7 Å². The van der Waals surface area contributed by atoms with Crippen molar-refractivity contribution in [3.05, 3.63) is 0 Å². The average molecular weight is 220 g/mol. The Morgan fingerprint density at radius 2 is 2.14 bits per heavy atom. The largest absolute Gasteiger partial charge is 0.315 e. The lowest BCUT2D eigenvalue weighted by atomic mass is 10.4. The van der Waals surface area contributed by atoms with Gasteiger partial charge in [0, 0.05) is 19.1 Å². The van der Waals surface area contributed by atoms with Gasteiger partial charge in [0.15, 0.2) is 0 Å². The van der Waals surface area contributed by atoms with Crippen LogP contribution in [0.1, 0.15) is 27.2 Å². The highest BCUT2D eigenvalue weighted by atomic mass is 32.2. The molecule has 5 heteroatoms. The molecule has 1 fully saturated rings. The van der Waals surface area contributed by atoms with Crippen LogP contribution in [0.2, 0.25) is 0 Å². The van der Waals surface area contributed by atoms with Gasteiger partial charge in [-0.25, -0.2) is 8.42 Å². The molecule has 0 aromatic rings. The quantitative estimate of drug-likeness (QED) is 0.746. The summed E-state index contributed by atoms with van der Waals surface area (Å²) < 4.78 is 25.8. The normalized spacial score (nSPS) is 23.6. The van der Waals surface area contributed by atoms with E-state index in [2.05, 4.69) is 5.32 Å². The molecule has 84 valence electrons. The Balaban J connectivity index is 2.81. The van der Waals surface area contributed by atoms with Crippen LogP contribution < -0.4 is 5.32 Å². The summed E-state index contributed by atoms with van der Waals surface area (Å²) in [5, 5.41) is 2.87. The van der Waals surface area contributed by atoms with Gasteiger partial charge in [-0.05, 0) is 26.8 Å². The standard InChI is InChI=1S/C9H20N2O2S/c1-4-11(8(2)3)14(12,13)9-5-6-10-7-9/h8-10H,4-7H2,1-3H3. The van der Waals surface area contributed by atoms with Crippen LogP contribution in [-0.2, 0) is 10.0 Å². The first-order valence-electron chi connectivity index (χ1n) is 5.21. The molecule has 1 aliphatic heterocycles. The summed E-state index contributed by atoms with van der Waals surface area (Å²) in [6.07, 6.45) is 0.742. The summed E-state index contributed by atoms with van der Waals surface area (Å²) in [6.45, 7) is 7.72. The molecule has 1 unspecified atom stereocenters. The fourth-order valence-corrected chi connectivity index (χ4v) is 3.99. The second kappa shape index (κ2) is 4.59. The van der Waals surface area contributed by atoms with E-state index in [-0.39, 0.29) is 11.3 Å². The van der Waals surface area contributed by atoms with E-state index in [1.807, 2.05) is 20.8 Å². The molecule has 1 aliphatic rings. The van der Waals surface area contributed by atoms with Crippen molar-refractivity contribution in [1.82, 2.24) is 9.62 Å². The zero-order valence-corrected chi connectivity index (χ0v) is 9.97. The number of nitrogens with zero attached hydrogens (tertiary/aromatic N) is 1. The van der Waals surface area contributed by atoms with Gasteiger partial charge in [0.1, 0.15) is 0 Å². The number of hydrogen-bond acceptors (Lipinski definition) is 3. The number of hydrogen-bond donors (Lipinski definition) is 1. The first-order valence-corrected chi connectivity index (χ1v) is 6.71. The summed E-state index contributed by atoms with van der Waals surface area (Å²) in [5.41, 5.74) is 0. The van der Waals surface area contributed by atoms with E-state index in [1.54, 1.807) is 4.31 Å². The molecule has 0 aliphatic carbocycles. The fourth-order valence-electron chi connectivity index (χ4n) is 1.91. The molecule has 1 atom stereocenters. The van der Waals surface area contributed by atoms with Crippen molar-refractivity contribution in [3.63, 3.8) is 0 Å². The van der Waals surface area contributed by atoms with Crippen LogP contribution in [0, 0.1) is 0 Å². The van der Waals surface area contributed by atoms with Crippen molar-refractivity contribution in [2.45, 2.75) is 38.5 Å². The Kier molecular flexibility index (Phi) is 3.92. The van der Waals surface area contributed by atoms with Crippen LogP contribution in [0.25, 0.3) is 0 Å². The van der Waals surface area contributed by atoms with Gasteiger partial charge in [-0.2, -0.15) is 4.31 Å². The fraction of sp³-hybridized carbons (Fsp3) is 1.00. The monoisotopic (exact) mass is 220 g/mol. The summed E-state index contributed by atoms with van der Waals surface area (Å²) >= 11 is 0. The minimum absolute atomic E-state index is 0.0607. The minimum atomic E-state index is -3.08. The van der Waals surface area contributed by atoms with Crippen molar-refractivity contribution < 1.29 is 8.42 Å². The van der Waals surface area contributed by atoms with Gasteiger partial charge in [0.05, 0.1) is 5.25 Å². The predicted octanol–water partition coefficient (Wildman–Crippen LogP) is 0.408. The highest BCUT2D eigenvalue weighted by Gasteiger charge is 2.34. The highest BCUT2D eigenvalue weighted by molar-refractivity contribution is 7.89. The Morgan fingerprint density at radius 3 is 2.50 bits per heavy atom. The number of rotatable bonds is 4. The van der Waals surface area contributed by atoms with Gasteiger partial charge < -0.3 is 5.32 Å². The van der Waals surface area contributed by atoms with E-state index in [1.165, 1.54) is 0 Å². The molecule has 0 radical (unpaired) electrons. The Morgan fingerprint density at radius 1 is 1.50 bits per heavy atom. The molecule has 1 heterocycles. The lowest BCUT2D eigenvalue weighted by Gasteiger charge is -2.27. The van der Waals surface area contributed by atoms with Gasteiger partial charge >= 0.3 is 0 Å². The van der Waals surface area contributed by atoms with Crippen LogP contribution in [0.15, 0.2) is 0 Å². The van der Waals surface area contributed by atoms with Crippen molar-refractivity contribution in [2.24, 2.45) is 0 Å². The first kappa shape index (κ1) is 11.9. The van der Waals surface area contributed by atoms with E-state index in [4.69, 9.17) is 0 Å². The van der Waals surface area contributed by atoms with E-state index < -0.39 is 10.0 Å². The first-order chi connectivity index (χ1) is 6.50. The lowest BCUT2D eigenvalue weighted by molar-refractivity contribution is 0.364. The van der Waals surface area contributed by atoms with Crippen LogP contribution in [0.4, 0.5) is 0 Å². The van der Waals surface area contributed by atoms with E-state index in [9.17, 15) is 8.42 Å². The number of sulfonamides is 1. The van der Waals surface area contributed by atoms with Crippen molar-refractivity contribution in [1.29, 1.82) is 0 Å².